The summed E-state index contributed by atoms with van der Waals surface area (Å²) in [6.07, 6.45) is 3.20. The van der Waals surface area contributed by atoms with Crippen molar-refractivity contribution in [3.05, 3.63) is 57.3 Å². The van der Waals surface area contributed by atoms with Gasteiger partial charge < -0.3 is 10.1 Å². The number of halogens is 1. The lowest BCUT2D eigenvalue weighted by Gasteiger charge is -2.21. The Labute approximate surface area is 158 Å². The fourth-order valence-electron chi connectivity index (χ4n) is 2.64. The molecule has 1 N–H and O–H groups in total. The van der Waals surface area contributed by atoms with Crippen LogP contribution in [0.3, 0.4) is 0 Å². The van der Waals surface area contributed by atoms with E-state index in [1.54, 1.807) is 13.3 Å². The van der Waals surface area contributed by atoms with Crippen molar-refractivity contribution >= 4 is 21.8 Å². The summed E-state index contributed by atoms with van der Waals surface area (Å²) in [5.74, 6) is 0.713. The van der Waals surface area contributed by atoms with Gasteiger partial charge in [-0.3, -0.25) is 4.79 Å². The summed E-state index contributed by atoms with van der Waals surface area (Å²) in [5, 5.41) is 2.98. The number of pyridine rings is 1. The summed E-state index contributed by atoms with van der Waals surface area (Å²) in [5.41, 5.74) is 3.45. The first-order valence-electron chi connectivity index (χ1n) is 8.29. The van der Waals surface area contributed by atoms with Crippen molar-refractivity contribution in [3.8, 4) is 5.75 Å². The monoisotopic (exact) mass is 404 g/mol. The van der Waals surface area contributed by atoms with Gasteiger partial charge >= 0.3 is 0 Å². The molecule has 0 fully saturated rings. The molecule has 1 amide bonds. The summed E-state index contributed by atoms with van der Waals surface area (Å²) < 4.78 is 6.21. The number of hydrogen-bond acceptors (Lipinski definition) is 3. The van der Waals surface area contributed by atoms with Gasteiger partial charge in [0.1, 0.15) is 11.4 Å². The number of hydrogen-bond donors (Lipinski definition) is 1. The second-order valence-electron chi connectivity index (χ2n) is 7.22. The van der Waals surface area contributed by atoms with Gasteiger partial charge in [-0.05, 0) is 91.4 Å². The topological polar surface area (TPSA) is 51.2 Å². The first kappa shape index (κ1) is 19.4. The average Bonchev–Trinajstić information content (AvgIpc) is 2.50. The quantitative estimate of drug-likeness (QED) is 0.799. The van der Waals surface area contributed by atoms with Crippen molar-refractivity contribution in [2.75, 3.05) is 7.11 Å². The van der Waals surface area contributed by atoms with Crippen LogP contribution in [0, 0.1) is 6.92 Å². The molecule has 0 unspecified atom stereocenters. The van der Waals surface area contributed by atoms with Gasteiger partial charge in [-0.2, -0.15) is 0 Å². The number of carbonyl (C=O) groups excluding carboxylic acids is 1. The summed E-state index contributed by atoms with van der Waals surface area (Å²) in [4.78, 5) is 16.9. The molecule has 0 saturated heterocycles. The molecular formula is C20H25BrN2O2. The molecule has 1 heterocycles. The minimum absolute atomic E-state index is 0.142. The van der Waals surface area contributed by atoms with Crippen LogP contribution >= 0.6 is 15.9 Å². The second kappa shape index (κ2) is 8.00. The number of aryl methyl sites for hydroxylation is 3. The van der Waals surface area contributed by atoms with Crippen LogP contribution in [0.1, 0.15) is 48.0 Å². The third-order valence-corrected chi connectivity index (χ3v) is 4.10. The van der Waals surface area contributed by atoms with Gasteiger partial charge in [0.25, 0.3) is 5.91 Å². The lowest BCUT2D eigenvalue weighted by molar-refractivity contribution is 0.0913. The number of rotatable bonds is 5. The Hall–Kier alpha value is -1.88. The molecule has 0 aliphatic heterocycles. The maximum atomic E-state index is 12.5. The SMILES string of the molecule is COc1cc(C)cc(CCc2cc(Br)cnc2C(=O)NC(C)(C)C)c1. The van der Waals surface area contributed by atoms with E-state index in [9.17, 15) is 4.79 Å². The first-order valence-corrected chi connectivity index (χ1v) is 9.09. The predicted octanol–water partition coefficient (Wildman–Crippen LogP) is 4.47. The molecule has 0 aliphatic carbocycles. The third kappa shape index (κ3) is 5.85. The van der Waals surface area contributed by atoms with E-state index in [0.29, 0.717) is 5.69 Å². The minimum Gasteiger partial charge on any atom is -0.497 e. The number of nitrogens with one attached hydrogen (secondary N) is 1. The highest BCUT2D eigenvalue weighted by molar-refractivity contribution is 9.10. The number of amides is 1. The Morgan fingerprint density at radius 2 is 1.92 bits per heavy atom. The van der Waals surface area contributed by atoms with Gasteiger partial charge in [0, 0.05) is 16.2 Å². The van der Waals surface area contributed by atoms with E-state index in [1.807, 2.05) is 39.0 Å². The van der Waals surface area contributed by atoms with E-state index < -0.39 is 0 Å². The largest absolute Gasteiger partial charge is 0.497 e. The summed E-state index contributed by atoms with van der Waals surface area (Å²) in [7, 11) is 1.67. The lowest BCUT2D eigenvalue weighted by Crippen LogP contribution is -2.41. The van der Waals surface area contributed by atoms with Crippen LogP contribution in [0.4, 0.5) is 0 Å². The van der Waals surface area contributed by atoms with Gasteiger partial charge in [-0.1, -0.05) is 6.07 Å². The zero-order valence-electron chi connectivity index (χ0n) is 15.4. The molecule has 2 aromatic rings. The molecular weight excluding hydrogens is 380 g/mol. The minimum atomic E-state index is -0.299. The molecule has 25 heavy (non-hydrogen) atoms. The Kier molecular flexibility index (Phi) is 6.22. The van der Waals surface area contributed by atoms with Crippen molar-refractivity contribution in [2.45, 2.75) is 46.1 Å². The third-order valence-electron chi connectivity index (χ3n) is 3.67. The Morgan fingerprint density at radius 1 is 1.20 bits per heavy atom. The van der Waals surface area contributed by atoms with Crippen LogP contribution in [0.25, 0.3) is 0 Å². The molecule has 0 aliphatic rings. The molecule has 1 aromatic heterocycles. The Morgan fingerprint density at radius 3 is 2.56 bits per heavy atom. The molecule has 134 valence electrons. The molecule has 5 heteroatoms. The number of nitrogens with zero attached hydrogens (tertiary/aromatic N) is 1. The fraction of sp³-hybridized carbons (Fsp3) is 0.400. The summed E-state index contributed by atoms with van der Waals surface area (Å²) >= 11 is 3.45. The molecule has 0 spiro atoms. The molecule has 4 nitrogen and oxygen atoms in total. The smallest absolute Gasteiger partial charge is 0.270 e. The maximum Gasteiger partial charge on any atom is 0.270 e. The standard InChI is InChI=1S/C20H25BrN2O2/c1-13-8-14(10-17(9-13)25-5)6-7-15-11-16(21)12-22-18(15)19(24)23-20(2,3)4/h8-12H,6-7H2,1-5H3,(H,23,24). The van der Waals surface area contributed by atoms with Crippen molar-refractivity contribution in [1.29, 1.82) is 0 Å². The van der Waals surface area contributed by atoms with Gasteiger partial charge in [0.2, 0.25) is 0 Å². The molecule has 0 bridgehead atoms. The van der Waals surface area contributed by atoms with E-state index in [2.05, 4.69) is 39.2 Å². The average molecular weight is 405 g/mol. The number of aromatic nitrogens is 1. The second-order valence-corrected chi connectivity index (χ2v) is 8.14. The van der Waals surface area contributed by atoms with Crippen LogP contribution in [0.5, 0.6) is 5.75 Å². The summed E-state index contributed by atoms with van der Waals surface area (Å²) in [6, 6.07) is 8.15. The van der Waals surface area contributed by atoms with Gasteiger partial charge in [0.05, 0.1) is 7.11 Å². The molecule has 0 saturated carbocycles. The highest BCUT2D eigenvalue weighted by Crippen LogP contribution is 2.20. The number of methoxy groups -OCH3 is 1. The van der Waals surface area contributed by atoms with E-state index in [0.717, 1.165) is 34.2 Å². The zero-order chi connectivity index (χ0) is 18.6. The van der Waals surface area contributed by atoms with E-state index >= 15 is 0 Å². The Balaban J connectivity index is 2.23. The molecule has 0 radical (unpaired) electrons. The van der Waals surface area contributed by atoms with Crippen molar-refractivity contribution in [3.63, 3.8) is 0 Å². The van der Waals surface area contributed by atoms with Crippen molar-refractivity contribution in [2.24, 2.45) is 0 Å². The van der Waals surface area contributed by atoms with Crippen LogP contribution in [-0.4, -0.2) is 23.5 Å². The van der Waals surface area contributed by atoms with E-state index in [1.165, 1.54) is 5.56 Å². The van der Waals surface area contributed by atoms with Crippen molar-refractivity contribution < 1.29 is 9.53 Å². The van der Waals surface area contributed by atoms with E-state index in [-0.39, 0.29) is 11.4 Å². The number of ether oxygens (including phenoxy) is 1. The first-order chi connectivity index (χ1) is 11.7. The number of carbonyl (C=O) groups is 1. The van der Waals surface area contributed by atoms with Gasteiger partial charge in [-0.15, -0.1) is 0 Å². The lowest BCUT2D eigenvalue weighted by atomic mass is 10.0. The van der Waals surface area contributed by atoms with Crippen LogP contribution in [0.2, 0.25) is 0 Å². The van der Waals surface area contributed by atoms with Gasteiger partial charge in [0.15, 0.2) is 0 Å². The normalized spacial score (nSPS) is 11.3. The predicted molar refractivity (Wildman–Crippen MR) is 104 cm³/mol. The highest BCUT2D eigenvalue weighted by atomic mass is 79.9. The molecule has 1 aromatic carbocycles. The van der Waals surface area contributed by atoms with E-state index in [4.69, 9.17) is 4.74 Å². The molecule has 0 atom stereocenters. The van der Waals surface area contributed by atoms with Crippen molar-refractivity contribution in [1.82, 2.24) is 10.3 Å². The number of benzene rings is 1. The van der Waals surface area contributed by atoms with Crippen LogP contribution in [-0.2, 0) is 12.8 Å². The molecule has 2 rings (SSSR count). The fourth-order valence-corrected chi connectivity index (χ4v) is 3.02. The highest BCUT2D eigenvalue weighted by Gasteiger charge is 2.19. The van der Waals surface area contributed by atoms with Crippen LogP contribution in [0.15, 0.2) is 34.9 Å². The Bertz CT molecular complexity index is 767. The maximum absolute atomic E-state index is 12.5. The zero-order valence-corrected chi connectivity index (χ0v) is 17.0. The van der Waals surface area contributed by atoms with Gasteiger partial charge in [-0.25, -0.2) is 4.98 Å². The summed E-state index contributed by atoms with van der Waals surface area (Å²) in [6.45, 7) is 7.93. The van der Waals surface area contributed by atoms with Crippen LogP contribution < -0.4 is 10.1 Å².